The van der Waals surface area contributed by atoms with Gasteiger partial charge < -0.3 is 45.6 Å². The number of alkyl halides is 13. The Morgan fingerprint density at radius 2 is 0.818 bits per heavy atom. The summed E-state index contributed by atoms with van der Waals surface area (Å²) in [6.07, 6.45) is -3.65. The molecule has 0 saturated carbocycles. The highest BCUT2D eigenvalue weighted by Crippen LogP contribution is 2.37. The van der Waals surface area contributed by atoms with Gasteiger partial charge in [0.1, 0.15) is 84.5 Å². The van der Waals surface area contributed by atoms with Crippen molar-refractivity contribution in [3.8, 4) is 34.2 Å². The Hall–Kier alpha value is -9.79. The molecule has 0 aromatic carbocycles. The first kappa shape index (κ1) is 61.3. The van der Waals surface area contributed by atoms with Gasteiger partial charge in [-0.05, 0) is 54.6 Å². The Bertz CT molecular complexity index is 3790. The van der Waals surface area contributed by atoms with Gasteiger partial charge in [-0.2, -0.15) is 39.5 Å². The van der Waals surface area contributed by atoms with E-state index in [9.17, 15) is 71.5 Å². The third-order valence-corrected chi connectivity index (χ3v) is 13.9. The van der Waals surface area contributed by atoms with Gasteiger partial charge in [-0.25, -0.2) is 62.4 Å². The summed E-state index contributed by atoms with van der Waals surface area (Å²) in [5, 5.41) is 7.60. The molecule has 464 valence electrons. The number of fused-ring (bicyclic) bond motifs is 3. The van der Waals surface area contributed by atoms with Gasteiger partial charge in [0.25, 0.3) is 5.92 Å². The number of H-pyrrole nitrogens is 3. The van der Waals surface area contributed by atoms with Gasteiger partial charge in [0.15, 0.2) is 17.5 Å². The molecule has 0 radical (unpaired) electrons. The number of pyridine rings is 3. The van der Waals surface area contributed by atoms with E-state index in [-0.39, 0.29) is 50.6 Å². The summed E-state index contributed by atoms with van der Waals surface area (Å²) in [6.45, 7) is -5.66. The summed E-state index contributed by atoms with van der Waals surface area (Å²) in [6, 6.07) is 11.4. The van der Waals surface area contributed by atoms with E-state index in [0.717, 1.165) is 15.7 Å². The van der Waals surface area contributed by atoms with Gasteiger partial charge in [0, 0.05) is 109 Å². The van der Waals surface area contributed by atoms with Crippen molar-refractivity contribution in [2.45, 2.75) is 74.2 Å². The smallest absolute Gasteiger partial charge is 0.345 e. The van der Waals surface area contributed by atoms with Gasteiger partial charge in [-0.15, -0.1) is 0 Å². The maximum Gasteiger partial charge on any atom is 0.405 e. The number of hydrogen-bond acceptors (Lipinski definition) is 15. The number of hydrogen-bond donors (Lipinski definition) is 6. The van der Waals surface area contributed by atoms with Crippen LogP contribution in [-0.2, 0) is 14.4 Å². The van der Waals surface area contributed by atoms with Crippen molar-refractivity contribution in [1.82, 2.24) is 75.8 Å². The minimum atomic E-state index is -4.65. The zero-order valence-corrected chi connectivity index (χ0v) is 45.1. The van der Waals surface area contributed by atoms with Crippen LogP contribution in [-0.4, -0.2) is 172 Å². The van der Waals surface area contributed by atoms with Crippen LogP contribution in [0.25, 0.3) is 67.3 Å². The van der Waals surface area contributed by atoms with Gasteiger partial charge >= 0.3 is 18.5 Å². The van der Waals surface area contributed by atoms with Crippen LogP contribution in [0, 0.1) is 0 Å². The third-order valence-electron chi connectivity index (χ3n) is 13.9. The number of anilines is 3. The lowest BCUT2D eigenvalue weighted by atomic mass is 10.1. The SMILES string of the molecule is O=C(NCC(F)(F)F)[C@H]1CC(F)(F)CN1c1ccnc(-c2c[nH]c3ncccc23)n1.O=C(NCC(F)(F)F)[C@H]1C[C@@H](F)CN1c1ccnc(-c2c[nH]c3ncccc23)n1.O=C(NCC(F)(F)F)[C@H]1C[C@@H](F)CN1c1ccnc(-c2c[nH]c3ncccc23)n1.[HH]. The topological polar surface area (TPSA) is 260 Å². The molecular weight excluding hydrogens is 1200 g/mol. The first-order valence-corrected chi connectivity index (χ1v) is 26.5. The van der Waals surface area contributed by atoms with Crippen LogP contribution in [0.2, 0.25) is 0 Å². The average molecular weight is 1250 g/mol. The van der Waals surface area contributed by atoms with Crippen molar-refractivity contribution in [2.24, 2.45) is 0 Å². The summed E-state index contributed by atoms with van der Waals surface area (Å²) in [5.74, 6) is -4.76. The van der Waals surface area contributed by atoms with Crippen molar-refractivity contribution < 1.29 is 72.9 Å². The molecule has 3 fully saturated rings. The summed E-state index contributed by atoms with van der Waals surface area (Å²) in [5.41, 5.74) is 3.78. The predicted octanol–water partition coefficient (Wildman–Crippen LogP) is 8.39. The Morgan fingerprint density at radius 3 is 1.16 bits per heavy atom. The number of aromatic nitrogens is 12. The molecule has 3 aliphatic heterocycles. The van der Waals surface area contributed by atoms with Gasteiger partial charge in [-0.1, -0.05) is 0 Å². The normalized spacial score (nSPS) is 19.3. The Morgan fingerprint density at radius 1 is 0.489 bits per heavy atom. The van der Waals surface area contributed by atoms with Crippen LogP contribution in [0.4, 0.5) is 74.5 Å². The maximum atomic E-state index is 14.0. The molecule has 9 aromatic rings. The second kappa shape index (κ2) is 24.9. The van der Waals surface area contributed by atoms with Crippen molar-refractivity contribution >= 4 is 68.3 Å². The van der Waals surface area contributed by atoms with E-state index >= 15 is 0 Å². The van der Waals surface area contributed by atoms with Crippen LogP contribution in [0.1, 0.15) is 20.7 Å². The lowest BCUT2D eigenvalue weighted by Gasteiger charge is -2.24. The van der Waals surface area contributed by atoms with E-state index in [2.05, 4.69) is 59.8 Å². The molecule has 3 saturated heterocycles. The lowest BCUT2D eigenvalue weighted by molar-refractivity contribution is -0.139. The second-order valence-corrected chi connectivity index (χ2v) is 20.2. The van der Waals surface area contributed by atoms with Crippen LogP contribution < -0.4 is 30.7 Å². The van der Waals surface area contributed by atoms with E-state index < -0.39 is 105 Å². The van der Waals surface area contributed by atoms with Crippen LogP contribution in [0.5, 0.6) is 0 Å². The number of nitrogens with one attached hydrogen (secondary N) is 6. The molecule has 6 N–H and O–H groups in total. The first-order chi connectivity index (χ1) is 41.8. The molecular formula is C54H49F13N18O3. The third kappa shape index (κ3) is 14.5. The molecule has 9 aromatic heterocycles. The Kier molecular flexibility index (Phi) is 17.3. The summed E-state index contributed by atoms with van der Waals surface area (Å²) < 4.78 is 168. The van der Waals surface area contributed by atoms with Crippen LogP contribution in [0.15, 0.2) is 110 Å². The van der Waals surface area contributed by atoms with Crippen molar-refractivity contribution in [3.05, 3.63) is 110 Å². The molecule has 21 nitrogen and oxygen atoms in total. The zero-order chi connectivity index (χ0) is 62.7. The summed E-state index contributed by atoms with van der Waals surface area (Å²) in [4.78, 5) is 87.7. The number of carbonyl (C=O) groups is 3. The van der Waals surface area contributed by atoms with E-state index in [1.165, 1.54) is 46.6 Å². The van der Waals surface area contributed by atoms with Gasteiger partial charge in [-0.3, -0.25) is 14.4 Å². The summed E-state index contributed by atoms with van der Waals surface area (Å²) in [7, 11) is 0. The van der Waals surface area contributed by atoms with E-state index in [1.54, 1.807) is 66.8 Å². The largest absolute Gasteiger partial charge is 0.405 e. The fourth-order valence-corrected chi connectivity index (χ4v) is 10.1. The molecule has 0 spiro atoms. The van der Waals surface area contributed by atoms with Crippen molar-refractivity contribution in [2.75, 3.05) is 54.0 Å². The fourth-order valence-electron chi connectivity index (χ4n) is 10.1. The average Bonchev–Trinajstić information content (AvgIpc) is 2.65. The molecule has 0 bridgehead atoms. The van der Waals surface area contributed by atoms with Crippen LogP contribution >= 0.6 is 0 Å². The standard InChI is InChI=1S/C18H15F5N6O.2C18H16F4N6O.H2/c19-17(20)6-12(16(30)27-8-18(21,22)23)29(9-17)13-3-5-25-15(28-13)11-7-26-14-10(11)2-1-4-24-14;2*19-10-6-13(17(29)26-9-18(20,21)22)28(8-10)14-3-5-24-16(27-14)12-7-25-15-11(12)2-1-4-23-15;/h1-5,7,12H,6,8-9H2,(H,24,26)(H,27,30);2*1-5,7,10,13H,6,8-9H2,(H,23,25)(H,26,29);1H/t12-;2*10-,13-;/m111./s1. The number of aromatic amines is 3. The minimum absolute atomic E-state index is 0. The second-order valence-electron chi connectivity index (χ2n) is 20.2. The zero-order valence-electron chi connectivity index (χ0n) is 45.1. The molecule has 12 rings (SSSR count). The number of halogens is 13. The van der Waals surface area contributed by atoms with Crippen molar-refractivity contribution in [1.29, 1.82) is 0 Å². The number of carbonyl (C=O) groups excluding carboxylic acids is 3. The quantitative estimate of drug-likeness (QED) is 0.0628. The van der Waals surface area contributed by atoms with Crippen molar-refractivity contribution in [3.63, 3.8) is 0 Å². The number of nitrogens with zero attached hydrogens (tertiary/aromatic N) is 12. The highest BCUT2D eigenvalue weighted by molar-refractivity contribution is 5.94. The number of rotatable bonds is 12. The van der Waals surface area contributed by atoms with E-state index in [4.69, 9.17) is 0 Å². The summed E-state index contributed by atoms with van der Waals surface area (Å²) >= 11 is 0. The predicted molar refractivity (Wildman–Crippen MR) is 293 cm³/mol. The molecule has 0 unspecified atom stereocenters. The highest BCUT2D eigenvalue weighted by atomic mass is 19.4. The molecule has 3 amide bonds. The Balaban J connectivity index is 0.000000158. The van der Waals surface area contributed by atoms with E-state index in [1.807, 2.05) is 22.8 Å². The monoisotopic (exact) mass is 1240 g/mol. The molecule has 5 atom stereocenters. The molecule has 12 heterocycles. The molecule has 88 heavy (non-hydrogen) atoms. The van der Waals surface area contributed by atoms with Gasteiger partial charge in [0.05, 0.1) is 19.6 Å². The van der Waals surface area contributed by atoms with Crippen LogP contribution in [0.3, 0.4) is 0 Å². The van der Waals surface area contributed by atoms with E-state index in [0.29, 0.717) is 50.7 Å². The molecule has 3 aliphatic rings. The Labute approximate surface area is 488 Å². The molecule has 0 aliphatic carbocycles. The fraction of sp³-hybridized carbons (Fsp3) is 0.333. The first-order valence-electron chi connectivity index (χ1n) is 26.5. The molecule has 34 heteroatoms. The van der Waals surface area contributed by atoms with Gasteiger partial charge in [0.2, 0.25) is 17.7 Å². The number of amides is 3. The lowest BCUT2D eigenvalue weighted by Crippen LogP contribution is -2.46. The highest BCUT2D eigenvalue weighted by Gasteiger charge is 2.49. The maximum absolute atomic E-state index is 14.0. The minimum Gasteiger partial charge on any atom is -0.345 e.